The van der Waals surface area contributed by atoms with Gasteiger partial charge in [0.25, 0.3) is 0 Å². The van der Waals surface area contributed by atoms with Crippen LogP contribution in [-0.2, 0) is 13.7 Å². The van der Waals surface area contributed by atoms with E-state index in [0.29, 0.717) is 5.92 Å². The summed E-state index contributed by atoms with van der Waals surface area (Å²) in [6, 6.07) is 1.91. The molecule has 0 atom stereocenters. The third kappa shape index (κ3) is 1.33. The van der Waals surface area contributed by atoms with E-state index >= 15 is 0 Å². The maximum absolute atomic E-state index is 9.02. The Kier molecular flexibility index (Phi) is 1.79. The van der Waals surface area contributed by atoms with Crippen molar-refractivity contribution >= 4 is 11.2 Å². The van der Waals surface area contributed by atoms with E-state index in [-0.39, 0.29) is 6.61 Å². The van der Waals surface area contributed by atoms with Crippen molar-refractivity contribution in [1.29, 1.82) is 0 Å². The molecular formula is C11H13N3O. The minimum atomic E-state index is 0.0261. The average Bonchev–Trinajstić information content (AvgIpc) is 3.04. The summed E-state index contributed by atoms with van der Waals surface area (Å²) in [5, 5.41) is 9.02. The van der Waals surface area contributed by atoms with Crippen LogP contribution in [0.15, 0.2) is 12.3 Å². The molecule has 1 fully saturated rings. The first kappa shape index (κ1) is 8.85. The van der Waals surface area contributed by atoms with E-state index < -0.39 is 0 Å². The molecule has 0 amide bonds. The summed E-state index contributed by atoms with van der Waals surface area (Å²) < 4.78 is 2.06. The van der Waals surface area contributed by atoms with Crippen LogP contribution in [-0.4, -0.2) is 19.6 Å². The standard InChI is InChI=1S/C11H13N3O/c1-14-10(8-2-3-8)13-9-4-7(6-15)5-12-11(9)14/h4-5,8,15H,2-3,6H2,1H3. The molecule has 0 aliphatic heterocycles. The molecule has 1 saturated carbocycles. The summed E-state index contributed by atoms with van der Waals surface area (Å²) in [5.74, 6) is 1.76. The van der Waals surface area contributed by atoms with Gasteiger partial charge in [0.05, 0.1) is 6.61 Å². The molecule has 2 heterocycles. The highest BCUT2D eigenvalue weighted by atomic mass is 16.3. The van der Waals surface area contributed by atoms with E-state index in [2.05, 4.69) is 14.5 Å². The van der Waals surface area contributed by atoms with Gasteiger partial charge < -0.3 is 9.67 Å². The van der Waals surface area contributed by atoms with Crippen LogP contribution in [0.3, 0.4) is 0 Å². The Labute approximate surface area is 87.6 Å². The molecule has 2 aromatic rings. The van der Waals surface area contributed by atoms with E-state index in [1.54, 1.807) is 6.20 Å². The maximum Gasteiger partial charge on any atom is 0.159 e. The fourth-order valence-electron chi connectivity index (χ4n) is 1.93. The van der Waals surface area contributed by atoms with Crippen molar-refractivity contribution in [1.82, 2.24) is 14.5 Å². The van der Waals surface area contributed by atoms with Gasteiger partial charge in [-0.1, -0.05) is 0 Å². The molecule has 0 radical (unpaired) electrons. The molecule has 15 heavy (non-hydrogen) atoms. The van der Waals surface area contributed by atoms with Crippen LogP contribution in [0.1, 0.15) is 30.1 Å². The van der Waals surface area contributed by atoms with Gasteiger partial charge in [0.15, 0.2) is 5.65 Å². The molecule has 4 nitrogen and oxygen atoms in total. The van der Waals surface area contributed by atoms with Gasteiger partial charge in [0.1, 0.15) is 11.3 Å². The zero-order valence-corrected chi connectivity index (χ0v) is 8.64. The fourth-order valence-corrected chi connectivity index (χ4v) is 1.93. The van der Waals surface area contributed by atoms with Crippen LogP contribution in [0.25, 0.3) is 11.2 Å². The summed E-state index contributed by atoms with van der Waals surface area (Å²) in [7, 11) is 2.01. The molecule has 0 aromatic carbocycles. The lowest BCUT2D eigenvalue weighted by Gasteiger charge is -1.98. The van der Waals surface area contributed by atoms with Gasteiger partial charge in [-0.2, -0.15) is 0 Å². The lowest BCUT2D eigenvalue weighted by Crippen LogP contribution is -1.96. The average molecular weight is 203 g/mol. The van der Waals surface area contributed by atoms with Crippen molar-refractivity contribution in [2.45, 2.75) is 25.4 Å². The number of fused-ring (bicyclic) bond motifs is 1. The minimum absolute atomic E-state index is 0.0261. The molecule has 0 bridgehead atoms. The highest BCUT2D eigenvalue weighted by molar-refractivity contribution is 5.72. The normalized spacial score (nSPS) is 16.1. The van der Waals surface area contributed by atoms with Crippen LogP contribution in [0.5, 0.6) is 0 Å². The van der Waals surface area contributed by atoms with E-state index in [1.807, 2.05) is 13.1 Å². The third-order valence-electron chi connectivity index (χ3n) is 2.93. The number of aryl methyl sites for hydroxylation is 1. The summed E-state index contributed by atoms with van der Waals surface area (Å²) in [4.78, 5) is 8.90. The Morgan fingerprint density at radius 3 is 3.00 bits per heavy atom. The van der Waals surface area contributed by atoms with E-state index in [1.165, 1.54) is 12.8 Å². The van der Waals surface area contributed by atoms with Gasteiger partial charge in [-0.15, -0.1) is 0 Å². The van der Waals surface area contributed by atoms with E-state index in [0.717, 1.165) is 22.6 Å². The monoisotopic (exact) mass is 203 g/mol. The zero-order valence-electron chi connectivity index (χ0n) is 8.64. The fraction of sp³-hybridized carbons (Fsp3) is 0.455. The first-order chi connectivity index (χ1) is 7.29. The highest BCUT2D eigenvalue weighted by Crippen LogP contribution is 2.39. The van der Waals surface area contributed by atoms with Crippen LogP contribution in [0.2, 0.25) is 0 Å². The van der Waals surface area contributed by atoms with Crippen molar-refractivity contribution in [2.75, 3.05) is 0 Å². The lowest BCUT2D eigenvalue weighted by atomic mass is 10.3. The Hall–Kier alpha value is -1.42. The van der Waals surface area contributed by atoms with Gasteiger partial charge in [-0.3, -0.25) is 0 Å². The topological polar surface area (TPSA) is 50.9 Å². The Morgan fingerprint density at radius 1 is 1.53 bits per heavy atom. The minimum Gasteiger partial charge on any atom is -0.392 e. The number of aliphatic hydroxyl groups excluding tert-OH is 1. The Balaban J connectivity index is 2.20. The molecule has 1 aliphatic carbocycles. The van der Waals surface area contributed by atoms with E-state index in [9.17, 15) is 0 Å². The summed E-state index contributed by atoms with van der Waals surface area (Å²) in [5.41, 5.74) is 2.63. The second kappa shape index (κ2) is 3.03. The zero-order chi connectivity index (χ0) is 10.4. The maximum atomic E-state index is 9.02. The van der Waals surface area contributed by atoms with Crippen LogP contribution in [0.4, 0.5) is 0 Å². The summed E-state index contributed by atoms with van der Waals surface area (Å²) >= 11 is 0. The Bertz CT molecular complexity index is 514. The predicted molar refractivity (Wildman–Crippen MR) is 56.4 cm³/mol. The first-order valence-electron chi connectivity index (χ1n) is 5.21. The quantitative estimate of drug-likeness (QED) is 0.801. The SMILES string of the molecule is Cn1c(C2CC2)nc2cc(CO)cnc21. The van der Waals surface area contributed by atoms with Crippen molar-refractivity contribution in [2.24, 2.45) is 7.05 Å². The van der Waals surface area contributed by atoms with Crippen LogP contribution >= 0.6 is 0 Å². The van der Waals surface area contributed by atoms with Gasteiger partial charge in [-0.05, 0) is 24.5 Å². The number of imidazole rings is 1. The second-order valence-electron chi connectivity index (χ2n) is 4.15. The molecule has 4 heteroatoms. The largest absolute Gasteiger partial charge is 0.392 e. The number of aliphatic hydroxyl groups is 1. The highest BCUT2D eigenvalue weighted by Gasteiger charge is 2.28. The lowest BCUT2D eigenvalue weighted by molar-refractivity contribution is 0.281. The van der Waals surface area contributed by atoms with Gasteiger partial charge in [0, 0.05) is 19.2 Å². The molecule has 0 spiro atoms. The van der Waals surface area contributed by atoms with Crippen molar-refractivity contribution < 1.29 is 5.11 Å². The summed E-state index contributed by atoms with van der Waals surface area (Å²) in [6.45, 7) is 0.0261. The molecule has 1 aliphatic rings. The van der Waals surface area contributed by atoms with Gasteiger partial charge >= 0.3 is 0 Å². The molecule has 78 valence electrons. The van der Waals surface area contributed by atoms with Gasteiger partial charge in [0.2, 0.25) is 0 Å². The molecular weight excluding hydrogens is 190 g/mol. The molecule has 0 unspecified atom stereocenters. The first-order valence-corrected chi connectivity index (χ1v) is 5.21. The van der Waals surface area contributed by atoms with Crippen LogP contribution in [0, 0.1) is 0 Å². The van der Waals surface area contributed by atoms with Crippen molar-refractivity contribution in [3.63, 3.8) is 0 Å². The smallest absolute Gasteiger partial charge is 0.159 e. The molecule has 0 saturated heterocycles. The number of rotatable bonds is 2. The van der Waals surface area contributed by atoms with Crippen LogP contribution < -0.4 is 0 Å². The number of hydrogen-bond acceptors (Lipinski definition) is 3. The molecule has 1 N–H and O–H groups in total. The molecule has 3 rings (SSSR count). The van der Waals surface area contributed by atoms with Crippen molar-refractivity contribution in [3.05, 3.63) is 23.7 Å². The predicted octanol–water partition coefficient (Wildman–Crippen LogP) is 1.34. The van der Waals surface area contributed by atoms with Gasteiger partial charge in [-0.25, -0.2) is 9.97 Å². The number of aromatic nitrogens is 3. The number of hydrogen-bond donors (Lipinski definition) is 1. The van der Waals surface area contributed by atoms with E-state index in [4.69, 9.17) is 5.11 Å². The second-order valence-corrected chi connectivity index (χ2v) is 4.15. The third-order valence-corrected chi connectivity index (χ3v) is 2.93. The van der Waals surface area contributed by atoms with Crippen molar-refractivity contribution in [3.8, 4) is 0 Å². The number of nitrogens with zero attached hydrogens (tertiary/aromatic N) is 3. The Morgan fingerprint density at radius 2 is 2.33 bits per heavy atom. The summed E-state index contributed by atoms with van der Waals surface area (Å²) in [6.07, 6.45) is 4.19. The molecule has 2 aromatic heterocycles. The number of pyridine rings is 1.